The van der Waals surface area contributed by atoms with E-state index in [0.29, 0.717) is 29.6 Å². The molecule has 4 heteroatoms. The Balaban J connectivity index is 2.20. The van der Waals surface area contributed by atoms with Crippen molar-refractivity contribution in [2.24, 2.45) is 11.7 Å². The van der Waals surface area contributed by atoms with Crippen LogP contribution in [0.4, 0.5) is 0 Å². The molecule has 86 valence electrons. The highest BCUT2D eigenvalue weighted by Crippen LogP contribution is 2.34. The number of nitrogens with two attached hydrogens (primary N) is 1. The third kappa shape index (κ3) is 2.27. The first kappa shape index (κ1) is 10.8. The maximum absolute atomic E-state index is 11.2. The summed E-state index contributed by atoms with van der Waals surface area (Å²) in [6.45, 7) is 0.679. The first-order valence-corrected chi connectivity index (χ1v) is 5.32. The van der Waals surface area contributed by atoms with Crippen LogP contribution in [0.2, 0.25) is 0 Å². The molecule has 1 amide bonds. The second-order valence-electron chi connectivity index (χ2n) is 3.96. The molecule has 1 aliphatic rings. The standard InChI is InChI=1S/C12H15NO3/c1-15-11-9(12(13)14)3-2-4-10(11)16-7-8-5-6-8/h2-4,8H,5-7H2,1H3,(H2,13,14). The lowest BCUT2D eigenvalue weighted by molar-refractivity contribution is 0.0996. The zero-order valence-corrected chi connectivity index (χ0v) is 9.23. The fraction of sp³-hybridized carbons (Fsp3) is 0.417. The van der Waals surface area contributed by atoms with Crippen molar-refractivity contribution in [2.45, 2.75) is 12.8 Å². The van der Waals surface area contributed by atoms with Crippen LogP contribution in [-0.4, -0.2) is 19.6 Å². The van der Waals surface area contributed by atoms with Gasteiger partial charge in [0.15, 0.2) is 11.5 Å². The fourth-order valence-electron chi connectivity index (χ4n) is 1.53. The number of amides is 1. The van der Waals surface area contributed by atoms with Crippen molar-refractivity contribution in [1.82, 2.24) is 0 Å². The summed E-state index contributed by atoms with van der Waals surface area (Å²) < 4.78 is 10.8. The monoisotopic (exact) mass is 221 g/mol. The summed E-state index contributed by atoms with van der Waals surface area (Å²) in [5.74, 6) is 1.16. The van der Waals surface area contributed by atoms with Crippen molar-refractivity contribution in [2.75, 3.05) is 13.7 Å². The van der Waals surface area contributed by atoms with Crippen LogP contribution in [0.5, 0.6) is 11.5 Å². The highest BCUT2D eigenvalue weighted by molar-refractivity contribution is 5.96. The number of rotatable bonds is 5. The molecule has 0 unspecified atom stereocenters. The van der Waals surface area contributed by atoms with Gasteiger partial charge in [-0.1, -0.05) is 6.07 Å². The molecule has 1 aromatic rings. The quantitative estimate of drug-likeness (QED) is 0.821. The van der Waals surface area contributed by atoms with Crippen LogP contribution < -0.4 is 15.2 Å². The third-order valence-electron chi connectivity index (χ3n) is 2.62. The molecule has 0 heterocycles. The number of primary amides is 1. The Morgan fingerprint density at radius 1 is 1.50 bits per heavy atom. The van der Waals surface area contributed by atoms with E-state index in [1.54, 1.807) is 18.2 Å². The van der Waals surface area contributed by atoms with Crippen molar-refractivity contribution in [1.29, 1.82) is 0 Å². The molecule has 1 aliphatic carbocycles. The molecule has 1 fully saturated rings. The Labute approximate surface area is 94.3 Å². The summed E-state index contributed by atoms with van der Waals surface area (Å²) >= 11 is 0. The van der Waals surface area contributed by atoms with E-state index < -0.39 is 5.91 Å². The molecular weight excluding hydrogens is 206 g/mol. The van der Waals surface area contributed by atoms with Gasteiger partial charge in [-0.2, -0.15) is 0 Å². The van der Waals surface area contributed by atoms with Crippen LogP contribution in [0.15, 0.2) is 18.2 Å². The minimum Gasteiger partial charge on any atom is -0.492 e. The lowest BCUT2D eigenvalue weighted by atomic mass is 10.2. The predicted octanol–water partition coefficient (Wildman–Crippen LogP) is 1.58. The topological polar surface area (TPSA) is 61.6 Å². The van der Waals surface area contributed by atoms with Crippen LogP contribution in [0, 0.1) is 5.92 Å². The largest absolute Gasteiger partial charge is 0.492 e. The molecule has 4 nitrogen and oxygen atoms in total. The lowest BCUT2D eigenvalue weighted by Gasteiger charge is -2.12. The number of carbonyl (C=O) groups excluding carboxylic acids is 1. The van der Waals surface area contributed by atoms with Crippen molar-refractivity contribution in [3.63, 3.8) is 0 Å². The van der Waals surface area contributed by atoms with E-state index in [2.05, 4.69) is 0 Å². The van der Waals surface area contributed by atoms with Crippen LogP contribution >= 0.6 is 0 Å². The van der Waals surface area contributed by atoms with Gasteiger partial charge in [-0.15, -0.1) is 0 Å². The number of para-hydroxylation sites is 1. The van der Waals surface area contributed by atoms with Crippen molar-refractivity contribution in [3.05, 3.63) is 23.8 Å². The maximum Gasteiger partial charge on any atom is 0.252 e. The second kappa shape index (κ2) is 4.43. The molecule has 2 rings (SSSR count). The van der Waals surface area contributed by atoms with Gasteiger partial charge < -0.3 is 15.2 Å². The first-order chi connectivity index (χ1) is 7.72. The number of benzene rings is 1. The SMILES string of the molecule is COc1c(OCC2CC2)cccc1C(N)=O. The van der Waals surface area contributed by atoms with Crippen molar-refractivity contribution < 1.29 is 14.3 Å². The molecule has 16 heavy (non-hydrogen) atoms. The van der Waals surface area contributed by atoms with E-state index in [4.69, 9.17) is 15.2 Å². The zero-order valence-electron chi connectivity index (χ0n) is 9.23. The van der Waals surface area contributed by atoms with Gasteiger partial charge in [-0.25, -0.2) is 0 Å². The average Bonchev–Trinajstić information content (AvgIpc) is 3.09. The predicted molar refractivity (Wildman–Crippen MR) is 59.7 cm³/mol. The Morgan fingerprint density at radius 3 is 2.81 bits per heavy atom. The lowest BCUT2D eigenvalue weighted by Crippen LogP contribution is -2.13. The van der Waals surface area contributed by atoms with Gasteiger partial charge >= 0.3 is 0 Å². The van der Waals surface area contributed by atoms with E-state index in [9.17, 15) is 4.79 Å². The first-order valence-electron chi connectivity index (χ1n) is 5.32. The molecule has 2 N–H and O–H groups in total. The van der Waals surface area contributed by atoms with E-state index in [1.165, 1.54) is 20.0 Å². The molecule has 0 radical (unpaired) electrons. The summed E-state index contributed by atoms with van der Waals surface area (Å²) in [7, 11) is 1.51. The van der Waals surface area contributed by atoms with Gasteiger partial charge in [0.05, 0.1) is 19.3 Å². The van der Waals surface area contributed by atoms with Crippen molar-refractivity contribution in [3.8, 4) is 11.5 Å². The van der Waals surface area contributed by atoms with Crippen LogP contribution in [0.3, 0.4) is 0 Å². The number of methoxy groups -OCH3 is 1. The average molecular weight is 221 g/mol. The highest BCUT2D eigenvalue weighted by atomic mass is 16.5. The van der Waals surface area contributed by atoms with E-state index in [1.807, 2.05) is 0 Å². The summed E-state index contributed by atoms with van der Waals surface area (Å²) in [6.07, 6.45) is 2.44. The number of ether oxygens (including phenoxy) is 2. The molecule has 0 spiro atoms. The van der Waals surface area contributed by atoms with Gasteiger partial charge in [0.1, 0.15) is 0 Å². The van der Waals surface area contributed by atoms with E-state index in [-0.39, 0.29) is 0 Å². The minimum atomic E-state index is -0.506. The fourth-order valence-corrected chi connectivity index (χ4v) is 1.53. The maximum atomic E-state index is 11.2. The molecule has 0 atom stereocenters. The molecule has 0 aromatic heterocycles. The minimum absolute atomic E-state index is 0.357. The normalized spacial score (nSPS) is 14.6. The number of hydrogen-bond donors (Lipinski definition) is 1. The van der Waals surface area contributed by atoms with Gasteiger partial charge in [-0.05, 0) is 30.9 Å². The zero-order chi connectivity index (χ0) is 11.5. The molecule has 1 saturated carbocycles. The van der Waals surface area contributed by atoms with Gasteiger partial charge in [0.2, 0.25) is 0 Å². The molecule has 0 aliphatic heterocycles. The summed E-state index contributed by atoms with van der Waals surface area (Å²) in [5.41, 5.74) is 5.61. The van der Waals surface area contributed by atoms with E-state index >= 15 is 0 Å². The summed E-state index contributed by atoms with van der Waals surface area (Å²) in [6, 6.07) is 5.16. The van der Waals surface area contributed by atoms with Gasteiger partial charge in [0, 0.05) is 0 Å². The summed E-state index contributed by atoms with van der Waals surface area (Å²) in [4.78, 5) is 11.2. The highest BCUT2D eigenvalue weighted by Gasteiger charge is 2.23. The Kier molecular flexibility index (Phi) is 2.99. The molecular formula is C12H15NO3. The number of carbonyl (C=O) groups is 1. The van der Waals surface area contributed by atoms with Gasteiger partial charge in [-0.3, -0.25) is 4.79 Å². The molecule has 0 saturated heterocycles. The van der Waals surface area contributed by atoms with Gasteiger partial charge in [0.25, 0.3) is 5.91 Å². The Hall–Kier alpha value is -1.71. The summed E-state index contributed by atoms with van der Waals surface area (Å²) in [5, 5.41) is 0. The number of hydrogen-bond acceptors (Lipinski definition) is 3. The van der Waals surface area contributed by atoms with Crippen LogP contribution in [-0.2, 0) is 0 Å². The van der Waals surface area contributed by atoms with Crippen molar-refractivity contribution >= 4 is 5.91 Å². The smallest absolute Gasteiger partial charge is 0.252 e. The third-order valence-corrected chi connectivity index (χ3v) is 2.62. The second-order valence-corrected chi connectivity index (χ2v) is 3.96. The van der Waals surface area contributed by atoms with Crippen LogP contribution in [0.1, 0.15) is 23.2 Å². The molecule has 1 aromatic carbocycles. The van der Waals surface area contributed by atoms with E-state index in [0.717, 1.165) is 0 Å². The molecule has 0 bridgehead atoms. The Bertz CT molecular complexity index is 399. The Morgan fingerprint density at radius 2 is 2.25 bits per heavy atom. The van der Waals surface area contributed by atoms with Crippen LogP contribution in [0.25, 0.3) is 0 Å².